The van der Waals surface area contributed by atoms with Crippen LogP contribution in [0.3, 0.4) is 0 Å². The van der Waals surface area contributed by atoms with E-state index in [9.17, 15) is 0 Å². The summed E-state index contributed by atoms with van der Waals surface area (Å²) in [6.07, 6.45) is 12.0. The Morgan fingerprint density at radius 3 is 2.00 bits per heavy atom. The third-order valence-corrected chi connectivity index (χ3v) is 11.9. The summed E-state index contributed by atoms with van der Waals surface area (Å²) in [5.74, 6) is 0. The number of hydrogen-bond acceptors (Lipinski definition) is 2. The van der Waals surface area contributed by atoms with Crippen LogP contribution in [0.5, 0.6) is 0 Å². The van der Waals surface area contributed by atoms with Crippen LogP contribution in [-0.2, 0) is 18.5 Å². The van der Waals surface area contributed by atoms with Crippen LogP contribution in [0, 0.1) is 5.41 Å². The van der Waals surface area contributed by atoms with Crippen LogP contribution in [-0.4, -0.2) is 4.90 Å². The fraction of sp³-hybridized carbons (Fsp3) is 0.236. The first-order valence-electron chi connectivity index (χ1n) is 20.6. The van der Waals surface area contributed by atoms with Crippen molar-refractivity contribution in [3.63, 3.8) is 0 Å². The average Bonchev–Trinajstić information content (AvgIpc) is 3.45. The fourth-order valence-corrected chi connectivity index (χ4v) is 8.35. The molecule has 298 valence electrons. The summed E-state index contributed by atoms with van der Waals surface area (Å²) in [5.41, 5.74) is 20.9. The van der Waals surface area contributed by atoms with Gasteiger partial charge in [0.05, 0.1) is 0 Å². The van der Waals surface area contributed by atoms with Crippen molar-refractivity contribution in [1.82, 2.24) is 4.90 Å². The molecule has 0 aliphatic carbocycles. The monoisotopic (exact) mass is 767 g/mol. The quantitative estimate of drug-likeness (QED) is 0.0873. The van der Waals surface area contributed by atoms with Crippen LogP contribution in [0.2, 0.25) is 0 Å². The molecule has 1 aliphatic rings. The number of rotatable bonds is 14. The van der Waals surface area contributed by atoms with Gasteiger partial charge in [0, 0.05) is 40.2 Å². The van der Waals surface area contributed by atoms with Crippen molar-refractivity contribution in [2.24, 2.45) is 5.41 Å². The molecule has 5 aromatic rings. The molecule has 0 saturated heterocycles. The second kappa shape index (κ2) is 19.5. The molecular formula is C55H64N3+. The van der Waals surface area contributed by atoms with Crippen LogP contribution in [0.4, 0.5) is 11.4 Å². The Morgan fingerprint density at radius 1 is 0.793 bits per heavy atom. The minimum absolute atomic E-state index is 0.172. The number of benzene rings is 5. The number of quaternary nitrogens is 1. The zero-order chi connectivity index (χ0) is 41.9. The van der Waals surface area contributed by atoms with E-state index < -0.39 is 0 Å². The Bertz CT molecular complexity index is 2330. The van der Waals surface area contributed by atoms with Gasteiger partial charge >= 0.3 is 0 Å². The summed E-state index contributed by atoms with van der Waals surface area (Å²) in [7, 11) is 0. The van der Waals surface area contributed by atoms with E-state index in [2.05, 4.69) is 200 Å². The molecule has 1 aliphatic heterocycles. The summed E-state index contributed by atoms with van der Waals surface area (Å²) in [5, 5.41) is 5.00. The summed E-state index contributed by atoms with van der Waals surface area (Å²) in [6.45, 7) is 28.9. The van der Waals surface area contributed by atoms with Gasteiger partial charge < -0.3 is 16.0 Å². The van der Waals surface area contributed by atoms with Crippen LogP contribution in [0.25, 0.3) is 16.3 Å². The van der Waals surface area contributed by atoms with Crippen molar-refractivity contribution in [1.29, 1.82) is 0 Å². The Hall–Kier alpha value is -5.90. The van der Waals surface area contributed by atoms with Gasteiger partial charge in [-0.1, -0.05) is 162 Å². The molecule has 0 saturated carbocycles. The molecule has 0 aromatic heterocycles. The maximum Gasteiger partial charge on any atom is 0.134 e. The van der Waals surface area contributed by atoms with Crippen molar-refractivity contribution in [3.8, 4) is 0 Å². The van der Waals surface area contributed by atoms with Crippen molar-refractivity contribution in [2.75, 3.05) is 5.73 Å². The molecule has 58 heavy (non-hydrogen) atoms. The standard InChI is InChI=1S/C51H57N3.C4H6/c1-9-36(3)37(4)48-38(5)54(35-40-21-15-12-16-22-40)47(51(48,8)10-2)33-43(41-25-28-44(52)29-26-41)31-32-50(6,7)49-45-24-18-17-23-42(45)27-30-46(49)53-34-39-19-13-11-14-20-39;1-3-4-2/h9,11-31,33,53H,1,10,32,34-35,52H2,2-8H3;3-4H,1-2H2/p+1/b37-36-,43-31-,47-33+;. The maximum atomic E-state index is 6.27. The van der Waals surface area contributed by atoms with Crippen molar-refractivity contribution < 1.29 is 5.32 Å². The van der Waals surface area contributed by atoms with Gasteiger partial charge in [-0.15, -0.1) is 0 Å². The molecule has 3 heteroatoms. The lowest BCUT2D eigenvalue weighted by atomic mass is 9.73. The highest BCUT2D eigenvalue weighted by atomic mass is 15.2. The van der Waals surface area contributed by atoms with Gasteiger partial charge in [-0.3, -0.25) is 0 Å². The highest BCUT2D eigenvalue weighted by Crippen LogP contribution is 2.54. The molecule has 1 heterocycles. The van der Waals surface area contributed by atoms with E-state index in [1.165, 1.54) is 72.4 Å². The van der Waals surface area contributed by atoms with Gasteiger partial charge in [-0.2, -0.15) is 0 Å². The number of anilines is 1. The second-order valence-corrected chi connectivity index (χ2v) is 16.2. The topological polar surface area (TPSA) is 45.9 Å². The Morgan fingerprint density at radius 2 is 1.40 bits per heavy atom. The van der Waals surface area contributed by atoms with Crippen molar-refractivity contribution >= 4 is 27.7 Å². The zero-order valence-electron chi connectivity index (χ0n) is 36.0. The van der Waals surface area contributed by atoms with Gasteiger partial charge in [0.25, 0.3) is 0 Å². The van der Waals surface area contributed by atoms with E-state index in [1.54, 1.807) is 12.2 Å². The summed E-state index contributed by atoms with van der Waals surface area (Å²) in [6, 6.07) is 43.5. The average molecular weight is 767 g/mol. The predicted molar refractivity (Wildman–Crippen MR) is 252 cm³/mol. The molecular weight excluding hydrogens is 703 g/mol. The van der Waals surface area contributed by atoms with E-state index in [4.69, 9.17) is 5.73 Å². The zero-order valence-corrected chi connectivity index (χ0v) is 36.0. The summed E-state index contributed by atoms with van der Waals surface area (Å²) in [4.78, 5) is 2.56. The molecule has 1 atom stereocenters. The van der Waals surface area contributed by atoms with E-state index in [0.717, 1.165) is 31.6 Å². The van der Waals surface area contributed by atoms with Crippen LogP contribution < -0.4 is 11.1 Å². The molecule has 6 rings (SSSR count). The summed E-state index contributed by atoms with van der Waals surface area (Å²) < 4.78 is 0. The van der Waals surface area contributed by atoms with Gasteiger partial charge in [0.1, 0.15) is 12.2 Å². The minimum Gasteiger partial charge on any atom is -0.399 e. The van der Waals surface area contributed by atoms with E-state index in [-0.39, 0.29) is 10.8 Å². The first kappa shape index (κ1) is 43.2. The highest BCUT2D eigenvalue weighted by molar-refractivity contribution is 5.90. The van der Waals surface area contributed by atoms with Crippen LogP contribution in [0.1, 0.15) is 83.6 Å². The smallest absolute Gasteiger partial charge is 0.134 e. The highest BCUT2D eigenvalue weighted by Gasteiger charge is 2.44. The van der Waals surface area contributed by atoms with Crippen molar-refractivity contribution in [2.45, 2.75) is 79.8 Å². The molecule has 0 fully saturated rings. The third-order valence-electron chi connectivity index (χ3n) is 11.9. The van der Waals surface area contributed by atoms with E-state index in [1.807, 2.05) is 18.2 Å². The molecule has 0 spiro atoms. The Kier molecular flexibility index (Phi) is 14.5. The second-order valence-electron chi connectivity index (χ2n) is 16.2. The molecule has 5 aromatic carbocycles. The minimum atomic E-state index is -0.204. The van der Waals surface area contributed by atoms with Gasteiger partial charge in [0.15, 0.2) is 0 Å². The molecule has 1 unspecified atom stereocenters. The predicted octanol–water partition coefficient (Wildman–Crippen LogP) is 13.5. The number of hydrogen-bond donors (Lipinski definition) is 2. The van der Waals surface area contributed by atoms with Crippen molar-refractivity contribution in [3.05, 3.63) is 222 Å². The number of fused-ring (bicyclic) bond motifs is 1. The number of nitrogen functional groups attached to an aromatic ring is 1. The number of allylic oxidation sites excluding steroid dienone is 10. The van der Waals surface area contributed by atoms with Crippen LogP contribution >= 0.6 is 0 Å². The number of nitrogens with two attached hydrogens (primary N) is 2. The molecule has 3 nitrogen and oxygen atoms in total. The van der Waals surface area contributed by atoms with Crippen LogP contribution in [0.15, 0.2) is 200 Å². The Balaban J connectivity index is 0.00000153. The molecule has 0 bridgehead atoms. The van der Waals surface area contributed by atoms with Gasteiger partial charge in [0.2, 0.25) is 0 Å². The normalized spacial score (nSPS) is 16.8. The lowest BCUT2D eigenvalue weighted by molar-refractivity contribution is -0.589. The largest absolute Gasteiger partial charge is 0.399 e. The van der Waals surface area contributed by atoms with Gasteiger partial charge in [-0.25, -0.2) is 0 Å². The summed E-state index contributed by atoms with van der Waals surface area (Å²) >= 11 is 0. The molecule has 0 amide bonds. The first-order chi connectivity index (χ1) is 27.9. The number of nitrogens with zero attached hydrogens (tertiary/aromatic N) is 1. The lowest BCUT2D eigenvalue weighted by Gasteiger charge is -2.33. The third kappa shape index (κ3) is 9.79. The SMILES string of the molecule is C=C/C(C)=C(/C)C1=C(C)N(Cc2ccccc2)/C(=C/C(=C/CC(C)(C)c2c([NH2+]Cc3ccccc3)ccc3ccccc23)c2ccc(N)cc2)C1(C)CC.C=CC=C. The first-order valence-corrected chi connectivity index (χ1v) is 20.6. The lowest BCUT2D eigenvalue weighted by Crippen LogP contribution is -2.76. The molecule has 4 N–H and O–H groups in total. The Labute approximate surface area is 349 Å². The van der Waals surface area contributed by atoms with E-state index in [0.29, 0.717) is 0 Å². The maximum absolute atomic E-state index is 6.27. The van der Waals surface area contributed by atoms with Gasteiger partial charge in [-0.05, 0) is 120 Å². The fourth-order valence-electron chi connectivity index (χ4n) is 8.35. The molecule has 0 radical (unpaired) electrons. The van der Waals surface area contributed by atoms with E-state index >= 15 is 0 Å².